The Morgan fingerprint density at radius 1 is 1.04 bits per heavy atom. The normalized spacial score (nSPS) is 16.8. The molecule has 1 aliphatic heterocycles. The zero-order chi connectivity index (χ0) is 20.5. The van der Waals surface area contributed by atoms with Crippen molar-refractivity contribution in [3.8, 4) is 0 Å². The highest BCUT2D eigenvalue weighted by Crippen LogP contribution is 2.24. The number of nitrogen functional groups attached to an aromatic ring is 1. The monoisotopic (exact) mass is 439 g/mol. The summed E-state index contributed by atoms with van der Waals surface area (Å²) >= 11 is 11.8. The molecule has 10 heteroatoms. The molecule has 0 radical (unpaired) electrons. The third-order valence-electron chi connectivity index (χ3n) is 4.04. The Bertz CT molecular complexity index is 1080. The predicted molar refractivity (Wildman–Crippen MR) is 107 cm³/mol. The van der Waals surface area contributed by atoms with E-state index in [0.717, 1.165) is 0 Å². The molecule has 1 saturated heterocycles. The fraction of sp³-hybridized carbons (Fsp3) is 0.111. The summed E-state index contributed by atoms with van der Waals surface area (Å²) in [6, 6.07) is 10.0. The molecule has 0 saturated carbocycles. The Kier molecular flexibility index (Phi) is 5.64. The summed E-state index contributed by atoms with van der Waals surface area (Å²) in [4.78, 5) is 24.8. The van der Waals surface area contributed by atoms with Gasteiger partial charge in [0.15, 0.2) is 0 Å². The molecule has 2 amide bonds. The molecule has 28 heavy (non-hydrogen) atoms. The molecule has 1 fully saturated rings. The molecule has 7 nitrogen and oxygen atoms in total. The Labute approximate surface area is 171 Å². The number of sulfonamides is 1. The molecule has 0 unspecified atom stereocenters. The Hall–Kier alpha value is -2.55. The molecule has 0 spiro atoms. The molecular formula is C18H15Cl2N3O4S. The van der Waals surface area contributed by atoms with E-state index < -0.39 is 28.4 Å². The lowest BCUT2D eigenvalue weighted by atomic mass is 10.1. The van der Waals surface area contributed by atoms with Gasteiger partial charge in [-0.2, -0.15) is 0 Å². The second-order valence-corrected chi connectivity index (χ2v) is 8.73. The number of nitrogens with one attached hydrogen (secondary N) is 1. The van der Waals surface area contributed by atoms with Gasteiger partial charge in [-0.3, -0.25) is 9.59 Å². The highest BCUT2D eigenvalue weighted by molar-refractivity contribution is 7.89. The van der Waals surface area contributed by atoms with Crippen molar-refractivity contribution in [1.29, 1.82) is 0 Å². The maximum absolute atomic E-state index is 13.0. The summed E-state index contributed by atoms with van der Waals surface area (Å²) < 4.78 is 26.4. The van der Waals surface area contributed by atoms with Gasteiger partial charge in [0.25, 0.3) is 15.9 Å². The van der Waals surface area contributed by atoms with Crippen LogP contribution in [0.5, 0.6) is 0 Å². The largest absolute Gasteiger partial charge is 0.398 e. The molecule has 0 aromatic heterocycles. The SMILES string of the molecule is Nc1ccc(Cl)cc1/C=C1\CNC(=O)CN(S(=O)(=O)c2ccc(Cl)cc2)C1=O. The van der Waals surface area contributed by atoms with Gasteiger partial charge in [0.1, 0.15) is 6.54 Å². The van der Waals surface area contributed by atoms with Gasteiger partial charge in [0.2, 0.25) is 5.91 Å². The van der Waals surface area contributed by atoms with E-state index in [-0.39, 0.29) is 17.0 Å². The van der Waals surface area contributed by atoms with Crippen LogP contribution in [0.15, 0.2) is 52.9 Å². The average molecular weight is 440 g/mol. The van der Waals surface area contributed by atoms with Gasteiger partial charge >= 0.3 is 0 Å². The van der Waals surface area contributed by atoms with Crippen LogP contribution >= 0.6 is 23.2 Å². The van der Waals surface area contributed by atoms with E-state index in [4.69, 9.17) is 28.9 Å². The number of hydrogen-bond donors (Lipinski definition) is 2. The molecule has 1 heterocycles. The van der Waals surface area contributed by atoms with E-state index >= 15 is 0 Å². The van der Waals surface area contributed by atoms with Gasteiger partial charge in [0.05, 0.1) is 4.90 Å². The minimum absolute atomic E-state index is 0.0531. The highest BCUT2D eigenvalue weighted by atomic mass is 35.5. The maximum atomic E-state index is 13.0. The lowest BCUT2D eigenvalue weighted by Crippen LogP contribution is -2.40. The average Bonchev–Trinajstić information content (AvgIpc) is 2.79. The first kappa shape index (κ1) is 20.2. The van der Waals surface area contributed by atoms with Crippen molar-refractivity contribution in [1.82, 2.24) is 9.62 Å². The van der Waals surface area contributed by atoms with Crippen molar-refractivity contribution in [2.45, 2.75) is 4.90 Å². The van der Waals surface area contributed by atoms with Crippen LogP contribution in [-0.2, 0) is 19.6 Å². The number of rotatable bonds is 3. The van der Waals surface area contributed by atoms with Crippen molar-refractivity contribution in [3.63, 3.8) is 0 Å². The zero-order valence-electron chi connectivity index (χ0n) is 14.4. The Morgan fingerprint density at radius 2 is 1.68 bits per heavy atom. The van der Waals surface area contributed by atoms with Crippen molar-refractivity contribution in [2.24, 2.45) is 0 Å². The fourth-order valence-electron chi connectivity index (χ4n) is 2.59. The number of hydrogen-bond acceptors (Lipinski definition) is 5. The van der Waals surface area contributed by atoms with Gasteiger partial charge in [-0.25, -0.2) is 12.7 Å². The number of carbonyl (C=O) groups excluding carboxylic acids is 2. The molecule has 2 aromatic rings. The van der Waals surface area contributed by atoms with E-state index in [1.165, 1.54) is 30.3 Å². The fourth-order valence-corrected chi connectivity index (χ4v) is 4.25. The molecule has 146 valence electrons. The molecule has 3 rings (SSSR count). The maximum Gasteiger partial charge on any atom is 0.267 e. The zero-order valence-corrected chi connectivity index (χ0v) is 16.7. The molecule has 1 aliphatic rings. The molecule has 0 bridgehead atoms. The van der Waals surface area contributed by atoms with Crippen LogP contribution < -0.4 is 11.1 Å². The van der Waals surface area contributed by atoms with Crippen molar-refractivity contribution in [2.75, 3.05) is 18.8 Å². The number of nitrogens with zero attached hydrogens (tertiary/aromatic N) is 1. The first-order valence-corrected chi connectivity index (χ1v) is 10.2. The molecule has 3 N–H and O–H groups in total. The Morgan fingerprint density at radius 3 is 2.36 bits per heavy atom. The van der Waals surface area contributed by atoms with Crippen molar-refractivity contribution >= 4 is 56.8 Å². The van der Waals surface area contributed by atoms with Gasteiger partial charge < -0.3 is 11.1 Å². The van der Waals surface area contributed by atoms with E-state index in [1.807, 2.05) is 0 Å². The van der Waals surface area contributed by atoms with Gasteiger partial charge in [-0.05, 0) is 54.1 Å². The van der Waals surface area contributed by atoms with Crippen molar-refractivity contribution < 1.29 is 18.0 Å². The summed E-state index contributed by atoms with van der Waals surface area (Å²) in [6.45, 7) is -0.775. The second-order valence-electron chi connectivity index (χ2n) is 5.99. The van der Waals surface area contributed by atoms with Crippen LogP contribution in [0.1, 0.15) is 5.56 Å². The number of amides is 2. The van der Waals surface area contributed by atoms with E-state index in [9.17, 15) is 18.0 Å². The predicted octanol–water partition coefficient (Wildman–Crippen LogP) is 2.31. The van der Waals surface area contributed by atoms with Crippen LogP contribution in [-0.4, -0.2) is 37.6 Å². The lowest BCUT2D eigenvalue weighted by molar-refractivity contribution is -0.127. The first-order valence-electron chi connectivity index (χ1n) is 8.03. The third kappa shape index (κ3) is 4.14. The number of halogens is 2. The van der Waals surface area contributed by atoms with E-state index in [0.29, 0.717) is 25.6 Å². The molecule has 0 aliphatic carbocycles. The highest BCUT2D eigenvalue weighted by Gasteiger charge is 2.35. The number of nitrogens with two attached hydrogens (primary N) is 1. The lowest BCUT2D eigenvalue weighted by Gasteiger charge is -2.20. The summed E-state index contributed by atoms with van der Waals surface area (Å²) in [6.07, 6.45) is 1.42. The van der Waals surface area contributed by atoms with E-state index in [1.54, 1.807) is 18.2 Å². The topological polar surface area (TPSA) is 110 Å². The number of anilines is 1. The minimum atomic E-state index is -4.26. The Balaban J connectivity index is 2.05. The van der Waals surface area contributed by atoms with Gasteiger partial charge in [-0.15, -0.1) is 0 Å². The molecule has 2 aromatic carbocycles. The van der Waals surface area contributed by atoms with E-state index in [2.05, 4.69) is 5.32 Å². The van der Waals surface area contributed by atoms with Crippen LogP contribution in [0, 0.1) is 0 Å². The van der Waals surface area contributed by atoms with Crippen LogP contribution in [0.2, 0.25) is 10.0 Å². The molecular weight excluding hydrogens is 425 g/mol. The van der Waals surface area contributed by atoms with Crippen LogP contribution in [0.25, 0.3) is 6.08 Å². The van der Waals surface area contributed by atoms with Gasteiger partial charge in [0, 0.05) is 27.9 Å². The number of carbonyl (C=O) groups is 2. The van der Waals surface area contributed by atoms with Gasteiger partial charge in [-0.1, -0.05) is 23.2 Å². The van der Waals surface area contributed by atoms with Crippen LogP contribution in [0.4, 0.5) is 5.69 Å². The van der Waals surface area contributed by atoms with Crippen molar-refractivity contribution in [3.05, 3.63) is 63.6 Å². The first-order chi connectivity index (χ1) is 13.2. The summed E-state index contributed by atoms with van der Waals surface area (Å²) in [5, 5.41) is 3.26. The quantitative estimate of drug-likeness (QED) is 0.563. The van der Waals surface area contributed by atoms with Crippen LogP contribution in [0.3, 0.4) is 0 Å². The number of benzene rings is 2. The standard InChI is InChI=1S/C18H15Cl2N3O4S/c19-13-1-4-15(5-2-13)28(26,27)23-10-17(24)22-9-12(18(23)25)7-11-8-14(20)3-6-16(11)21/h1-8H,9-10,21H2,(H,22,24)/b12-7+. The smallest absolute Gasteiger partial charge is 0.267 e. The second kappa shape index (κ2) is 7.83. The summed E-state index contributed by atoms with van der Waals surface area (Å²) in [5.41, 5.74) is 6.75. The molecule has 0 atom stereocenters. The summed E-state index contributed by atoms with van der Waals surface area (Å²) in [7, 11) is -4.26. The summed E-state index contributed by atoms with van der Waals surface area (Å²) in [5.74, 6) is -1.43. The minimum Gasteiger partial charge on any atom is -0.398 e. The third-order valence-corrected chi connectivity index (χ3v) is 6.27.